The SMILES string of the molecule is C[B]C1CC=C(CC)C(C)C1. The molecular weight excluding hydrogens is 131 g/mol. The fraction of sp³-hybridized carbons (Fsp3) is 0.800. The molecule has 2 unspecified atom stereocenters. The molecule has 11 heavy (non-hydrogen) atoms. The molecule has 0 aliphatic heterocycles. The summed E-state index contributed by atoms with van der Waals surface area (Å²) in [5, 5.41) is 0. The van der Waals surface area contributed by atoms with Crippen LogP contribution in [0.25, 0.3) is 0 Å². The molecule has 0 bridgehead atoms. The third-order valence-corrected chi connectivity index (χ3v) is 2.85. The highest BCUT2D eigenvalue weighted by molar-refractivity contribution is 6.35. The Hall–Kier alpha value is -0.195. The Morgan fingerprint density at radius 1 is 1.64 bits per heavy atom. The molecule has 0 spiro atoms. The summed E-state index contributed by atoms with van der Waals surface area (Å²) >= 11 is 0. The monoisotopic (exact) mass is 149 g/mol. The smallest absolute Gasteiger partial charge is 0.0917 e. The lowest BCUT2D eigenvalue weighted by molar-refractivity contribution is 0.535. The van der Waals surface area contributed by atoms with Gasteiger partial charge in [-0.15, -0.1) is 0 Å². The Balaban J connectivity index is 2.53. The standard InChI is InChI=1S/C10H18B/c1-4-9-5-6-10(11-3)7-8(9)2/h5,8,10H,4,6-7H2,1-3H3. The minimum atomic E-state index is 0.829. The zero-order chi connectivity index (χ0) is 8.27. The van der Waals surface area contributed by atoms with E-state index < -0.39 is 0 Å². The van der Waals surface area contributed by atoms with Gasteiger partial charge < -0.3 is 0 Å². The first-order valence-electron chi connectivity index (χ1n) is 4.76. The molecule has 0 aromatic heterocycles. The van der Waals surface area contributed by atoms with Gasteiger partial charge in [-0.3, -0.25) is 0 Å². The number of allylic oxidation sites excluding steroid dienone is 2. The molecular formula is C10H18B. The van der Waals surface area contributed by atoms with Gasteiger partial charge in [0, 0.05) is 0 Å². The first-order valence-corrected chi connectivity index (χ1v) is 4.76. The van der Waals surface area contributed by atoms with E-state index in [1.165, 1.54) is 19.3 Å². The van der Waals surface area contributed by atoms with E-state index in [1.807, 2.05) is 0 Å². The van der Waals surface area contributed by atoms with Crippen molar-refractivity contribution in [2.45, 2.75) is 45.8 Å². The predicted octanol–water partition coefficient (Wildman–Crippen LogP) is 3.29. The van der Waals surface area contributed by atoms with Crippen molar-refractivity contribution < 1.29 is 0 Å². The van der Waals surface area contributed by atoms with Gasteiger partial charge in [0.05, 0.1) is 0 Å². The fourth-order valence-corrected chi connectivity index (χ4v) is 1.97. The second-order valence-corrected chi connectivity index (χ2v) is 3.60. The maximum absolute atomic E-state index is 2.44. The lowest BCUT2D eigenvalue weighted by Crippen LogP contribution is -2.12. The van der Waals surface area contributed by atoms with Gasteiger partial charge in [-0.1, -0.05) is 44.6 Å². The summed E-state index contributed by atoms with van der Waals surface area (Å²) in [6.45, 7) is 6.80. The lowest BCUT2D eigenvalue weighted by atomic mass is 9.59. The highest BCUT2D eigenvalue weighted by atomic mass is 14.2. The van der Waals surface area contributed by atoms with Gasteiger partial charge in [-0.05, 0) is 18.8 Å². The minimum absolute atomic E-state index is 0.829. The van der Waals surface area contributed by atoms with Gasteiger partial charge >= 0.3 is 0 Å². The van der Waals surface area contributed by atoms with Crippen LogP contribution in [-0.4, -0.2) is 7.28 Å². The predicted molar refractivity (Wildman–Crippen MR) is 52.1 cm³/mol. The van der Waals surface area contributed by atoms with Crippen LogP contribution in [0.5, 0.6) is 0 Å². The van der Waals surface area contributed by atoms with Gasteiger partial charge in [0.2, 0.25) is 0 Å². The molecule has 0 nitrogen and oxygen atoms in total. The van der Waals surface area contributed by atoms with Crippen molar-refractivity contribution in [2.24, 2.45) is 5.92 Å². The normalized spacial score (nSPS) is 31.4. The first-order chi connectivity index (χ1) is 5.27. The van der Waals surface area contributed by atoms with E-state index in [0.717, 1.165) is 11.7 Å². The molecule has 0 amide bonds. The van der Waals surface area contributed by atoms with E-state index in [2.05, 4.69) is 34.0 Å². The van der Waals surface area contributed by atoms with Crippen LogP contribution in [0.15, 0.2) is 11.6 Å². The van der Waals surface area contributed by atoms with E-state index in [9.17, 15) is 0 Å². The fourth-order valence-electron chi connectivity index (χ4n) is 1.97. The first kappa shape index (κ1) is 8.90. The topological polar surface area (TPSA) is 0 Å². The van der Waals surface area contributed by atoms with Gasteiger partial charge in [0.25, 0.3) is 0 Å². The summed E-state index contributed by atoms with van der Waals surface area (Å²) in [6.07, 6.45) is 6.34. The number of hydrogen-bond acceptors (Lipinski definition) is 0. The van der Waals surface area contributed by atoms with Crippen LogP contribution < -0.4 is 0 Å². The third-order valence-electron chi connectivity index (χ3n) is 2.85. The third kappa shape index (κ3) is 2.11. The summed E-state index contributed by atoms with van der Waals surface area (Å²) in [6, 6.07) is 0. The number of hydrogen-bond donors (Lipinski definition) is 0. The maximum atomic E-state index is 2.44. The van der Waals surface area contributed by atoms with Crippen molar-refractivity contribution in [3.63, 3.8) is 0 Å². The Morgan fingerprint density at radius 3 is 2.82 bits per heavy atom. The average molecular weight is 149 g/mol. The van der Waals surface area contributed by atoms with Crippen LogP contribution >= 0.6 is 0 Å². The van der Waals surface area contributed by atoms with Crippen molar-refractivity contribution in [1.82, 2.24) is 0 Å². The molecule has 1 aliphatic rings. The highest BCUT2D eigenvalue weighted by Crippen LogP contribution is 2.33. The van der Waals surface area contributed by atoms with E-state index in [0.29, 0.717) is 0 Å². The number of rotatable bonds is 2. The molecule has 0 saturated heterocycles. The Morgan fingerprint density at radius 2 is 2.36 bits per heavy atom. The molecule has 2 atom stereocenters. The van der Waals surface area contributed by atoms with Crippen LogP contribution in [0.2, 0.25) is 12.6 Å². The molecule has 0 saturated carbocycles. The van der Waals surface area contributed by atoms with Crippen LogP contribution in [-0.2, 0) is 0 Å². The lowest BCUT2D eigenvalue weighted by Gasteiger charge is -2.25. The van der Waals surface area contributed by atoms with Crippen LogP contribution in [0.4, 0.5) is 0 Å². The maximum Gasteiger partial charge on any atom is 0.110 e. The largest absolute Gasteiger partial charge is 0.110 e. The van der Waals surface area contributed by atoms with Crippen LogP contribution in [0.3, 0.4) is 0 Å². The molecule has 0 fully saturated rings. The molecule has 1 aliphatic carbocycles. The molecule has 1 rings (SSSR count). The van der Waals surface area contributed by atoms with Crippen molar-refractivity contribution >= 4 is 7.28 Å². The van der Waals surface area contributed by atoms with E-state index in [1.54, 1.807) is 5.57 Å². The van der Waals surface area contributed by atoms with Gasteiger partial charge in [0.1, 0.15) is 7.28 Å². The molecule has 1 heteroatoms. The van der Waals surface area contributed by atoms with Crippen molar-refractivity contribution in [2.75, 3.05) is 0 Å². The quantitative estimate of drug-likeness (QED) is 0.417. The van der Waals surface area contributed by atoms with Crippen molar-refractivity contribution in [3.05, 3.63) is 11.6 Å². The molecule has 0 aromatic carbocycles. The zero-order valence-electron chi connectivity index (χ0n) is 7.93. The summed E-state index contributed by atoms with van der Waals surface area (Å²) in [4.78, 5) is 0. The van der Waals surface area contributed by atoms with Crippen molar-refractivity contribution in [3.8, 4) is 0 Å². The van der Waals surface area contributed by atoms with Gasteiger partial charge in [-0.2, -0.15) is 0 Å². The molecule has 0 aromatic rings. The van der Waals surface area contributed by atoms with E-state index >= 15 is 0 Å². The molecule has 0 heterocycles. The molecule has 61 valence electrons. The minimum Gasteiger partial charge on any atom is -0.0917 e. The second-order valence-electron chi connectivity index (χ2n) is 3.60. The van der Waals surface area contributed by atoms with Gasteiger partial charge in [0.15, 0.2) is 0 Å². The van der Waals surface area contributed by atoms with E-state index in [-0.39, 0.29) is 0 Å². The van der Waals surface area contributed by atoms with Crippen LogP contribution in [0.1, 0.15) is 33.1 Å². The van der Waals surface area contributed by atoms with E-state index in [4.69, 9.17) is 0 Å². The summed E-state index contributed by atoms with van der Waals surface area (Å²) in [5.41, 5.74) is 1.67. The average Bonchev–Trinajstić information content (AvgIpc) is 2.04. The summed E-state index contributed by atoms with van der Waals surface area (Å²) in [5.74, 6) is 1.68. The molecule has 0 N–H and O–H groups in total. The summed E-state index contributed by atoms with van der Waals surface area (Å²) in [7, 11) is 2.35. The zero-order valence-corrected chi connectivity index (χ0v) is 7.93. The Kier molecular flexibility index (Phi) is 3.23. The second kappa shape index (κ2) is 3.99. The van der Waals surface area contributed by atoms with Crippen molar-refractivity contribution in [1.29, 1.82) is 0 Å². The van der Waals surface area contributed by atoms with Gasteiger partial charge in [-0.25, -0.2) is 0 Å². The van der Waals surface area contributed by atoms with Crippen LogP contribution in [0, 0.1) is 5.92 Å². The molecule has 1 radical (unpaired) electrons. The Bertz CT molecular complexity index is 149. The Labute approximate surface area is 71.3 Å². The highest BCUT2D eigenvalue weighted by Gasteiger charge is 2.18. The summed E-state index contributed by atoms with van der Waals surface area (Å²) < 4.78 is 0.